The molecule has 0 amide bonds. The lowest BCUT2D eigenvalue weighted by molar-refractivity contribution is -0.149. The van der Waals surface area contributed by atoms with E-state index < -0.39 is 0 Å². The molecule has 1 atom stereocenters. The molecule has 6 heteroatoms. The Morgan fingerprint density at radius 2 is 2.00 bits per heavy atom. The quantitative estimate of drug-likeness (QED) is 0.748. The summed E-state index contributed by atoms with van der Waals surface area (Å²) >= 11 is 0. The number of rotatable bonds is 6. The van der Waals surface area contributed by atoms with Gasteiger partial charge in [0.25, 0.3) is 0 Å². The number of nitrogens with zero attached hydrogens (tertiary/aromatic N) is 4. The molecule has 1 aromatic rings. The van der Waals surface area contributed by atoms with Gasteiger partial charge in [-0.25, -0.2) is 9.67 Å². The summed E-state index contributed by atoms with van der Waals surface area (Å²) in [7, 11) is 0. The van der Waals surface area contributed by atoms with Crippen molar-refractivity contribution in [2.24, 2.45) is 5.92 Å². The molecule has 1 unspecified atom stereocenters. The Bertz CT molecular complexity index is 531. The van der Waals surface area contributed by atoms with Crippen LogP contribution in [0, 0.1) is 5.92 Å². The van der Waals surface area contributed by atoms with E-state index in [0.717, 1.165) is 37.7 Å². The first-order valence-electron chi connectivity index (χ1n) is 9.48. The second kappa shape index (κ2) is 8.10. The number of esters is 1. The maximum atomic E-state index is 12.4. The fourth-order valence-corrected chi connectivity index (χ4v) is 3.91. The Kier molecular flexibility index (Phi) is 5.87. The van der Waals surface area contributed by atoms with Gasteiger partial charge in [0.2, 0.25) is 0 Å². The number of likely N-dealkylation sites (tertiary alicyclic amines) is 1. The van der Waals surface area contributed by atoms with Gasteiger partial charge in [-0.2, -0.15) is 5.10 Å². The normalized spacial score (nSPS) is 26.4. The van der Waals surface area contributed by atoms with Crippen LogP contribution in [0.25, 0.3) is 0 Å². The average Bonchev–Trinajstić information content (AvgIpc) is 3.25. The van der Waals surface area contributed by atoms with Crippen LogP contribution in [-0.4, -0.2) is 51.4 Å². The molecule has 0 radical (unpaired) electrons. The summed E-state index contributed by atoms with van der Waals surface area (Å²) in [5.41, 5.74) is 0. The van der Waals surface area contributed by atoms with Gasteiger partial charge in [-0.05, 0) is 64.5 Å². The number of carbonyl (C=O) groups is 1. The van der Waals surface area contributed by atoms with E-state index in [0.29, 0.717) is 19.1 Å². The fraction of sp³-hybridized carbons (Fsp3) is 0.833. The zero-order valence-corrected chi connectivity index (χ0v) is 15.0. The molecule has 134 valence electrons. The highest BCUT2D eigenvalue weighted by Gasteiger charge is 2.31. The van der Waals surface area contributed by atoms with Crippen molar-refractivity contribution >= 4 is 5.97 Å². The van der Waals surface area contributed by atoms with Crippen LogP contribution < -0.4 is 0 Å². The van der Waals surface area contributed by atoms with Gasteiger partial charge < -0.3 is 4.74 Å². The highest BCUT2D eigenvalue weighted by Crippen LogP contribution is 2.31. The van der Waals surface area contributed by atoms with Gasteiger partial charge in [-0.1, -0.05) is 6.92 Å². The predicted octanol–water partition coefficient (Wildman–Crippen LogP) is 2.60. The Morgan fingerprint density at radius 3 is 2.67 bits per heavy atom. The Morgan fingerprint density at radius 1 is 1.29 bits per heavy atom. The molecule has 1 aromatic heterocycles. The average molecular weight is 334 g/mol. The molecule has 2 aliphatic rings. The molecular formula is C18H30N4O2. The van der Waals surface area contributed by atoms with Crippen molar-refractivity contribution in [1.29, 1.82) is 0 Å². The molecule has 2 heterocycles. The van der Waals surface area contributed by atoms with Crippen LogP contribution in [0.2, 0.25) is 0 Å². The van der Waals surface area contributed by atoms with Gasteiger partial charge in [0.1, 0.15) is 12.4 Å². The molecule has 6 nitrogen and oxygen atoms in total. The predicted molar refractivity (Wildman–Crippen MR) is 91.6 cm³/mol. The zero-order valence-electron chi connectivity index (χ0n) is 15.0. The largest absolute Gasteiger partial charge is 0.465 e. The summed E-state index contributed by atoms with van der Waals surface area (Å²) in [6.07, 6.45) is 9.58. The maximum Gasteiger partial charge on any atom is 0.323 e. The van der Waals surface area contributed by atoms with Crippen LogP contribution in [0.3, 0.4) is 0 Å². The molecule has 1 aliphatic heterocycles. The van der Waals surface area contributed by atoms with Crippen LogP contribution in [0.5, 0.6) is 0 Å². The smallest absolute Gasteiger partial charge is 0.323 e. The SMILES string of the molecule is CCOC(=O)C(Cc1ncn(C2CCC(C)CC2)n1)N1CCCC1. The molecule has 0 bridgehead atoms. The molecular weight excluding hydrogens is 304 g/mol. The van der Waals surface area contributed by atoms with Crippen molar-refractivity contribution < 1.29 is 9.53 Å². The molecule has 0 N–H and O–H groups in total. The molecule has 2 fully saturated rings. The highest BCUT2D eigenvalue weighted by atomic mass is 16.5. The lowest BCUT2D eigenvalue weighted by Crippen LogP contribution is -2.42. The van der Waals surface area contributed by atoms with E-state index in [1.807, 2.05) is 17.9 Å². The van der Waals surface area contributed by atoms with Gasteiger partial charge >= 0.3 is 5.97 Å². The first-order chi connectivity index (χ1) is 11.7. The standard InChI is InChI=1S/C18H30N4O2/c1-3-24-18(23)16(21-10-4-5-11-21)12-17-19-13-22(20-17)15-8-6-14(2)7-9-15/h13-16H,3-12H2,1-2H3. The Hall–Kier alpha value is -1.43. The number of ether oxygens (including phenoxy) is 1. The van der Waals surface area contributed by atoms with E-state index in [1.54, 1.807) is 0 Å². The van der Waals surface area contributed by atoms with Gasteiger partial charge in [0.05, 0.1) is 12.6 Å². The third-order valence-electron chi connectivity index (χ3n) is 5.43. The van der Waals surface area contributed by atoms with E-state index in [1.165, 1.54) is 25.7 Å². The number of carbonyl (C=O) groups excluding carboxylic acids is 1. The van der Waals surface area contributed by atoms with Crippen LogP contribution in [0.15, 0.2) is 6.33 Å². The molecule has 24 heavy (non-hydrogen) atoms. The summed E-state index contributed by atoms with van der Waals surface area (Å²) in [5, 5.41) is 4.68. The first kappa shape index (κ1) is 17.4. The minimum absolute atomic E-state index is 0.137. The van der Waals surface area contributed by atoms with Gasteiger partial charge in [0, 0.05) is 6.42 Å². The molecule has 3 rings (SSSR count). The Balaban J connectivity index is 1.65. The van der Waals surface area contributed by atoms with E-state index >= 15 is 0 Å². The van der Waals surface area contributed by atoms with E-state index in [-0.39, 0.29) is 12.0 Å². The molecule has 0 aromatic carbocycles. The maximum absolute atomic E-state index is 12.4. The minimum atomic E-state index is -0.241. The number of hydrogen-bond acceptors (Lipinski definition) is 5. The Labute approximate surface area is 144 Å². The van der Waals surface area contributed by atoms with Crippen molar-refractivity contribution in [3.8, 4) is 0 Å². The summed E-state index contributed by atoms with van der Waals surface area (Å²) in [6.45, 7) is 6.53. The summed E-state index contributed by atoms with van der Waals surface area (Å²) in [6, 6.07) is 0.227. The minimum Gasteiger partial charge on any atom is -0.465 e. The second-order valence-electron chi connectivity index (χ2n) is 7.27. The van der Waals surface area contributed by atoms with Crippen LogP contribution >= 0.6 is 0 Å². The van der Waals surface area contributed by atoms with Gasteiger partial charge in [-0.15, -0.1) is 0 Å². The lowest BCUT2D eigenvalue weighted by atomic mass is 9.87. The van der Waals surface area contributed by atoms with Crippen molar-refractivity contribution in [2.45, 2.75) is 70.9 Å². The van der Waals surface area contributed by atoms with Crippen molar-refractivity contribution in [3.05, 3.63) is 12.2 Å². The topological polar surface area (TPSA) is 60.2 Å². The van der Waals surface area contributed by atoms with Crippen LogP contribution in [0.1, 0.15) is 64.2 Å². The van der Waals surface area contributed by atoms with Crippen LogP contribution in [0.4, 0.5) is 0 Å². The molecule has 1 aliphatic carbocycles. The van der Waals surface area contributed by atoms with Gasteiger partial charge in [0.15, 0.2) is 5.82 Å². The lowest BCUT2D eigenvalue weighted by Gasteiger charge is -2.26. The first-order valence-corrected chi connectivity index (χ1v) is 9.48. The fourth-order valence-electron chi connectivity index (χ4n) is 3.91. The summed E-state index contributed by atoms with van der Waals surface area (Å²) < 4.78 is 7.30. The zero-order chi connectivity index (χ0) is 16.9. The number of aromatic nitrogens is 3. The molecule has 1 saturated carbocycles. The summed E-state index contributed by atoms with van der Waals surface area (Å²) in [4.78, 5) is 19.1. The molecule has 0 spiro atoms. The molecule has 1 saturated heterocycles. The second-order valence-corrected chi connectivity index (χ2v) is 7.27. The third-order valence-corrected chi connectivity index (χ3v) is 5.43. The third kappa shape index (κ3) is 4.15. The van der Waals surface area contributed by atoms with Crippen molar-refractivity contribution in [1.82, 2.24) is 19.7 Å². The summed E-state index contributed by atoms with van der Waals surface area (Å²) in [5.74, 6) is 1.45. The van der Waals surface area contributed by atoms with E-state index in [4.69, 9.17) is 4.74 Å². The highest BCUT2D eigenvalue weighted by molar-refractivity contribution is 5.76. The van der Waals surface area contributed by atoms with E-state index in [2.05, 4.69) is 21.9 Å². The van der Waals surface area contributed by atoms with Crippen LogP contribution in [-0.2, 0) is 16.0 Å². The van der Waals surface area contributed by atoms with Gasteiger partial charge in [-0.3, -0.25) is 9.69 Å². The number of hydrogen-bond donors (Lipinski definition) is 0. The van der Waals surface area contributed by atoms with Crippen molar-refractivity contribution in [2.75, 3.05) is 19.7 Å². The van der Waals surface area contributed by atoms with E-state index in [9.17, 15) is 4.79 Å². The van der Waals surface area contributed by atoms with Crippen molar-refractivity contribution in [3.63, 3.8) is 0 Å². The monoisotopic (exact) mass is 334 g/mol.